The molecule has 4 aromatic rings. The number of aromatic nitrogens is 4. The number of ether oxygens (including phenoxy) is 1. The molecule has 10 heteroatoms. The molecule has 1 aromatic carbocycles. The fourth-order valence-electron chi connectivity index (χ4n) is 4.78. The van der Waals surface area contributed by atoms with E-state index >= 15 is 0 Å². The maximum atomic E-state index is 12.9. The van der Waals surface area contributed by atoms with Gasteiger partial charge in [-0.1, -0.05) is 18.5 Å². The van der Waals surface area contributed by atoms with Crippen LogP contribution in [-0.4, -0.2) is 38.3 Å². The zero-order valence-corrected chi connectivity index (χ0v) is 22.9. The van der Waals surface area contributed by atoms with Crippen molar-refractivity contribution in [2.24, 2.45) is 5.92 Å². The average Bonchev–Trinajstić information content (AvgIpc) is 3.27. The lowest BCUT2D eigenvalue weighted by molar-refractivity contribution is 0.112. The number of rotatable bonds is 6. The molecule has 8 nitrogen and oxygen atoms in total. The van der Waals surface area contributed by atoms with Crippen LogP contribution in [0, 0.1) is 12.8 Å². The third-order valence-electron chi connectivity index (χ3n) is 6.80. The van der Waals surface area contributed by atoms with E-state index in [1.54, 1.807) is 10.8 Å². The number of aryl methyl sites for hydroxylation is 1. The number of fused-ring (bicyclic) bond motifs is 1. The average molecular weight is 540 g/mol. The van der Waals surface area contributed by atoms with Gasteiger partial charge in [0, 0.05) is 46.2 Å². The molecule has 3 aromatic heterocycles. The molecule has 1 fully saturated rings. The highest BCUT2D eigenvalue weighted by molar-refractivity contribution is 7.19. The molecule has 0 bridgehead atoms. The van der Waals surface area contributed by atoms with Gasteiger partial charge in [0.25, 0.3) is 5.56 Å². The van der Waals surface area contributed by atoms with E-state index in [0.29, 0.717) is 10.9 Å². The first-order valence-corrected chi connectivity index (χ1v) is 13.7. The van der Waals surface area contributed by atoms with Crippen LogP contribution in [-0.2, 0) is 6.54 Å². The standard InChI is InChI=1S/C27H30ClN5O3S/c1-15(2)32-8-6-23(34)33(27(32)35)13-19-11-21-26(37-19)24(31-14-30-21)20-10-18(28)9-16(3)25(20)36-22-5-7-29-12-17(22)4/h6,8-11,14-15,17,22,29H,5,7,12-13H2,1-4H3/t17-,22+/m0/s1. The van der Waals surface area contributed by atoms with Crippen molar-refractivity contribution in [2.45, 2.75) is 52.8 Å². The van der Waals surface area contributed by atoms with Crippen LogP contribution in [0.4, 0.5) is 0 Å². The van der Waals surface area contributed by atoms with Crippen molar-refractivity contribution in [2.75, 3.05) is 13.1 Å². The Morgan fingerprint density at radius 3 is 2.81 bits per heavy atom. The summed E-state index contributed by atoms with van der Waals surface area (Å²) in [4.78, 5) is 35.4. The summed E-state index contributed by atoms with van der Waals surface area (Å²) in [6.07, 6.45) is 4.09. The van der Waals surface area contributed by atoms with Crippen LogP contribution >= 0.6 is 22.9 Å². The molecule has 0 amide bonds. The summed E-state index contributed by atoms with van der Waals surface area (Å²) in [5.74, 6) is 1.15. The molecule has 0 aliphatic carbocycles. The first kappa shape index (κ1) is 25.6. The Hall–Kier alpha value is -3.01. The molecule has 1 saturated heterocycles. The van der Waals surface area contributed by atoms with Crippen LogP contribution in [0.25, 0.3) is 21.5 Å². The molecular weight excluding hydrogens is 510 g/mol. The highest BCUT2D eigenvalue weighted by Crippen LogP contribution is 2.41. The van der Waals surface area contributed by atoms with Gasteiger partial charge in [-0.25, -0.2) is 14.8 Å². The van der Waals surface area contributed by atoms with Crippen LogP contribution in [0.1, 0.15) is 43.7 Å². The van der Waals surface area contributed by atoms with Gasteiger partial charge >= 0.3 is 5.69 Å². The van der Waals surface area contributed by atoms with Crippen molar-refractivity contribution in [1.82, 2.24) is 24.4 Å². The Balaban J connectivity index is 1.58. The second-order valence-corrected chi connectivity index (χ2v) is 11.5. The number of nitrogens with zero attached hydrogens (tertiary/aromatic N) is 4. The molecule has 1 aliphatic heterocycles. The van der Waals surface area contributed by atoms with E-state index in [-0.39, 0.29) is 29.9 Å². The van der Waals surface area contributed by atoms with Crippen molar-refractivity contribution >= 4 is 33.2 Å². The summed E-state index contributed by atoms with van der Waals surface area (Å²) >= 11 is 7.97. The van der Waals surface area contributed by atoms with Gasteiger partial charge in [-0.2, -0.15) is 0 Å². The molecular formula is C27H30ClN5O3S. The maximum Gasteiger partial charge on any atom is 0.331 e. The van der Waals surface area contributed by atoms with E-state index in [1.165, 1.54) is 28.3 Å². The number of piperidine rings is 1. The van der Waals surface area contributed by atoms with E-state index in [0.717, 1.165) is 57.2 Å². The molecule has 4 heterocycles. The van der Waals surface area contributed by atoms with Crippen LogP contribution in [0.5, 0.6) is 5.75 Å². The van der Waals surface area contributed by atoms with Gasteiger partial charge in [0.2, 0.25) is 0 Å². The number of nitrogens with one attached hydrogen (secondary N) is 1. The molecule has 0 radical (unpaired) electrons. The van der Waals surface area contributed by atoms with Crippen molar-refractivity contribution in [3.63, 3.8) is 0 Å². The minimum atomic E-state index is -0.331. The second-order valence-electron chi connectivity index (χ2n) is 9.90. The molecule has 0 spiro atoms. The molecule has 194 valence electrons. The SMILES string of the molecule is Cc1cc(Cl)cc(-c2ncnc3cc(Cn4c(=O)ccn(C(C)C)c4=O)sc23)c1O[C@@H]1CCNC[C@@H]1C. The Kier molecular flexibility index (Phi) is 7.20. The fourth-order valence-corrected chi connectivity index (χ4v) is 6.15. The molecule has 0 saturated carbocycles. The highest BCUT2D eigenvalue weighted by atomic mass is 35.5. The van der Waals surface area contributed by atoms with E-state index in [2.05, 4.69) is 22.2 Å². The fraction of sp³-hybridized carbons (Fsp3) is 0.407. The Labute approximate surface area is 223 Å². The van der Waals surface area contributed by atoms with Gasteiger partial charge < -0.3 is 10.1 Å². The normalized spacial score (nSPS) is 18.0. The minimum absolute atomic E-state index is 0.0496. The predicted octanol–water partition coefficient (Wildman–Crippen LogP) is 4.65. The lowest BCUT2D eigenvalue weighted by atomic mass is 9.97. The summed E-state index contributed by atoms with van der Waals surface area (Å²) in [6.45, 7) is 10.0. The van der Waals surface area contributed by atoms with Gasteiger partial charge in [0.05, 0.1) is 22.5 Å². The Morgan fingerprint density at radius 2 is 2.05 bits per heavy atom. The molecule has 0 unspecified atom stereocenters. The van der Waals surface area contributed by atoms with Crippen molar-refractivity contribution < 1.29 is 4.74 Å². The zero-order chi connectivity index (χ0) is 26.3. The summed E-state index contributed by atoms with van der Waals surface area (Å²) in [5.41, 5.74) is 2.57. The second kappa shape index (κ2) is 10.4. The number of hydrogen-bond acceptors (Lipinski definition) is 7. The van der Waals surface area contributed by atoms with Gasteiger partial charge in [-0.3, -0.25) is 13.9 Å². The lowest BCUT2D eigenvalue weighted by Gasteiger charge is -2.31. The molecule has 5 rings (SSSR count). The highest BCUT2D eigenvalue weighted by Gasteiger charge is 2.26. The number of benzene rings is 1. The summed E-state index contributed by atoms with van der Waals surface area (Å²) in [6, 6.07) is 7.09. The minimum Gasteiger partial charge on any atom is -0.489 e. The number of halogens is 1. The van der Waals surface area contributed by atoms with Gasteiger partial charge in [-0.15, -0.1) is 11.3 Å². The largest absolute Gasteiger partial charge is 0.489 e. The monoisotopic (exact) mass is 539 g/mol. The summed E-state index contributed by atoms with van der Waals surface area (Å²) in [7, 11) is 0. The van der Waals surface area contributed by atoms with Crippen LogP contribution in [0.3, 0.4) is 0 Å². The van der Waals surface area contributed by atoms with Gasteiger partial charge in [0.15, 0.2) is 0 Å². The van der Waals surface area contributed by atoms with Crippen LogP contribution in [0.2, 0.25) is 5.02 Å². The van der Waals surface area contributed by atoms with Crippen molar-refractivity contribution in [3.8, 4) is 17.0 Å². The smallest absolute Gasteiger partial charge is 0.331 e. The maximum absolute atomic E-state index is 12.9. The molecule has 37 heavy (non-hydrogen) atoms. The van der Waals surface area contributed by atoms with E-state index < -0.39 is 0 Å². The predicted molar refractivity (Wildman–Crippen MR) is 148 cm³/mol. The topological polar surface area (TPSA) is 91.0 Å². The van der Waals surface area contributed by atoms with E-state index in [9.17, 15) is 9.59 Å². The molecule has 1 aliphatic rings. The number of thiophene rings is 1. The first-order chi connectivity index (χ1) is 17.7. The van der Waals surface area contributed by atoms with Crippen molar-refractivity contribution in [3.05, 3.63) is 73.1 Å². The van der Waals surface area contributed by atoms with E-state index in [1.807, 2.05) is 39.0 Å². The van der Waals surface area contributed by atoms with Crippen LogP contribution in [0.15, 0.2) is 46.4 Å². The first-order valence-electron chi connectivity index (χ1n) is 12.5. The summed E-state index contributed by atoms with van der Waals surface area (Å²) < 4.78 is 10.3. The zero-order valence-electron chi connectivity index (χ0n) is 21.3. The van der Waals surface area contributed by atoms with Crippen LogP contribution < -0.4 is 21.3 Å². The van der Waals surface area contributed by atoms with Crippen molar-refractivity contribution in [1.29, 1.82) is 0 Å². The lowest BCUT2D eigenvalue weighted by Crippen LogP contribution is -2.41. The summed E-state index contributed by atoms with van der Waals surface area (Å²) in [5, 5.41) is 4.02. The molecule has 2 atom stereocenters. The van der Waals surface area contributed by atoms with Gasteiger partial charge in [-0.05, 0) is 57.5 Å². The third-order valence-corrected chi connectivity index (χ3v) is 8.13. The third kappa shape index (κ3) is 5.08. The quantitative estimate of drug-likeness (QED) is 0.383. The molecule has 1 N–H and O–H groups in total. The number of hydrogen-bond donors (Lipinski definition) is 1. The Morgan fingerprint density at radius 1 is 1.24 bits per heavy atom. The van der Waals surface area contributed by atoms with Gasteiger partial charge in [0.1, 0.15) is 18.2 Å². The Bertz CT molecular complexity index is 1570. The van der Waals surface area contributed by atoms with E-state index in [4.69, 9.17) is 16.3 Å².